The quantitative estimate of drug-likeness (QED) is 0.0947. The first-order valence-electron chi connectivity index (χ1n) is 57.1. The van der Waals surface area contributed by atoms with Crippen molar-refractivity contribution in [3.8, 4) is 66.8 Å². The number of benzene rings is 28. The van der Waals surface area contributed by atoms with E-state index in [1.165, 1.54) is 32.3 Å². The van der Waals surface area contributed by atoms with E-state index in [9.17, 15) is 16.4 Å². The second-order valence-electron chi connectivity index (χ2n) is 36.3. The van der Waals surface area contributed by atoms with Crippen LogP contribution in [0.25, 0.3) is 207 Å². The summed E-state index contributed by atoms with van der Waals surface area (Å²) in [5.74, 6) is 0. The fourth-order valence-electron chi connectivity index (χ4n) is 21.2. The highest BCUT2D eigenvalue weighted by Gasteiger charge is 2.25. The van der Waals surface area contributed by atoms with Crippen LogP contribution < -0.4 is 14.7 Å². The molecule has 0 aliphatic heterocycles. The smallest absolute Gasteiger partial charge is 0.0645 e. The molecule has 0 radical (unpaired) electrons. The van der Waals surface area contributed by atoms with Crippen LogP contribution in [0.5, 0.6) is 0 Å². The van der Waals surface area contributed by atoms with Crippen molar-refractivity contribution in [1.82, 2.24) is 0 Å². The van der Waals surface area contributed by atoms with Crippen LogP contribution in [0.15, 0.2) is 576 Å². The van der Waals surface area contributed by atoms with E-state index in [4.69, 9.17) is 6.85 Å². The van der Waals surface area contributed by atoms with Gasteiger partial charge in [-0.3, -0.25) is 0 Å². The monoisotopic (exact) mass is 1860 g/mol. The first-order chi connectivity index (χ1) is 79.0. The Labute approximate surface area is 866 Å². The molecule has 0 heterocycles. The van der Waals surface area contributed by atoms with Crippen molar-refractivity contribution in [2.24, 2.45) is 0 Å². The van der Waals surface area contributed by atoms with Crippen molar-refractivity contribution < 1.29 is 23.3 Å². The molecule has 145 heavy (non-hydrogen) atoms. The van der Waals surface area contributed by atoms with Crippen LogP contribution in [0.1, 0.15) is 23.3 Å². The summed E-state index contributed by atoms with van der Waals surface area (Å²) >= 11 is 0. The zero-order chi connectivity index (χ0) is 111. The van der Waals surface area contributed by atoms with Crippen molar-refractivity contribution in [3.63, 3.8) is 0 Å². The summed E-state index contributed by atoms with van der Waals surface area (Å²) < 4.78 is 155. The molecule has 0 aliphatic carbocycles. The van der Waals surface area contributed by atoms with Crippen molar-refractivity contribution in [2.75, 3.05) is 14.7 Å². The average Bonchev–Trinajstić information content (AvgIpc) is 0.732. The van der Waals surface area contributed by atoms with Crippen molar-refractivity contribution >= 4 is 191 Å². The lowest BCUT2D eigenvalue weighted by Crippen LogP contribution is -2.10. The molecule has 0 atom stereocenters. The number of nitrogens with zero attached hydrogens (tertiary/aromatic N) is 3. The lowest BCUT2D eigenvalue weighted by molar-refractivity contribution is 1.30. The van der Waals surface area contributed by atoms with Gasteiger partial charge in [-0.2, -0.15) is 0 Å². The molecule has 28 rings (SSSR count). The minimum Gasteiger partial charge on any atom is -0.310 e. The molecule has 678 valence electrons. The van der Waals surface area contributed by atoms with E-state index >= 15 is 0 Å². The van der Waals surface area contributed by atoms with E-state index in [1.54, 1.807) is 4.90 Å². The van der Waals surface area contributed by atoms with E-state index in [2.05, 4.69) is 224 Å². The van der Waals surface area contributed by atoms with Gasteiger partial charge in [0.05, 0.1) is 40.4 Å². The van der Waals surface area contributed by atoms with E-state index in [0.717, 1.165) is 164 Å². The third kappa shape index (κ3) is 16.2. The largest absolute Gasteiger partial charge is 0.310 e. The molecule has 3 nitrogen and oxygen atoms in total. The molecule has 0 spiro atoms. The Kier molecular flexibility index (Phi) is 18.1. The van der Waals surface area contributed by atoms with Crippen molar-refractivity contribution in [1.29, 1.82) is 0 Å². The predicted molar refractivity (Wildman–Crippen MR) is 624 cm³/mol. The van der Waals surface area contributed by atoms with Crippen molar-refractivity contribution in [2.45, 2.75) is 0 Å². The van der Waals surface area contributed by atoms with Crippen LogP contribution in [0.3, 0.4) is 0 Å². The molecule has 28 aromatic rings. The topological polar surface area (TPSA) is 9.72 Å². The molecule has 0 amide bonds. The number of hydrogen-bond acceptors (Lipinski definition) is 3. The van der Waals surface area contributed by atoms with Crippen LogP contribution in [-0.2, 0) is 0 Å². The summed E-state index contributed by atoms with van der Waals surface area (Å²) in [6.45, 7) is 0. The van der Waals surface area contributed by atoms with Gasteiger partial charge in [0.25, 0.3) is 0 Å². The molecular formula is C142H95N3. The maximum absolute atomic E-state index is 9.64. The van der Waals surface area contributed by atoms with E-state index in [1.807, 2.05) is 259 Å². The highest BCUT2D eigenvalue weighted by Crippen LogP contribution is 2.50. The third-order valence-electron chi connectivity index (χ3n) is 28.0. The second-order valence-corrected chi connectivity index (χ2v) is 36.3. The molecule has 0 saturated carbocycles. The number of rotatable bonds is 15. The minimum atomic E-state index is -0.620. The van der Waals surface area contributed by atoms with E-state index in [-0.39, 0.29) is 87.7 Å². The minimum absolute atomic E-state index is 0.0412. The number of fused-ring (bicyclic) bond motifs is 19. The van der Waals surface area contributed by atoms with Gasteiger partial charge in [0.15, 0.2) is 0 Å². The Hall–Kier alpha value is -19.1. The Balaban J connectivity index is 0.000000120. The SMILES string of the molecule is [2H]c1c([2H])c(N(c2ccc(-c3cc4ccccc4c4ccccc34)cc2)c2cc3ccccc3c3ccccc23)c([2H])c([2H])c1-c1cccc2ccccc12.[2H]c1c([2H])c(N(c2ccc(-c3cc4ccccc4c4ccccc34)cc2)c2cc3ccccc3c3ccccc23)c([2H])c([2H])c1-c1ccccc1.[2H]c1c([2H])c([2H])c(-c2c([2H])c([2H])c(N(c3ccc(-c4cc5ccccc5c5ccccc45)cc3)c3cc4ccccc4c4ccccc34)c([2H])c2[2H])c([2H])c1[2H]. The fourth-order valence-corrected chi connectivity index (χ4v) is 21.2. The molecule has 3 heteroatoms. The molecular weight excluding hydrogens is 1750 g/mol. The van der Waals surface area contributed by atoms with Gasteiger partial charge in [-0.25, -0.2) is 0 Å². The standard InChI is InChI=1S/C50H33N.2C46H31N/c1-4-16-41-34(12-1)15-11-23-42(41)35-24-28-39(29-25-35)51(50-33-38-14-3-6-18-44(38)46-20-9-10-22-48(46)50)40-30-26-36(27-31-40)49-32-37-13-2-5-17-43(37)45-19-7-8-21-47(45)49;2*1-2-12-32(13-3-1)33-22-26-37(27-23-33)47(46-31-36-15-5-7-17-40(36)42-19-10-11-21-44(42)46)38-28-24-34(25-29-38)45-30-35-14-4-6-16-39(35)41-18-8-9-20-43(41)45/h1-33H;2*1-31H/i24D,25D,28D,29D;1D,2D,3D,12D,13D,22D,23D,26D,27D;22D,23D,26D,27D. The lowest BCUT2D eigenvalue weighted by atomic mass is 9.93. The van der Waals surface area contributed by atoms with Gasteiger partial charge < -0.3 is 14.7 Å². The zero-order valence-corrected chi connectivity index (χ0v) is 78.4. The Morgan fingerprint density at radius 2 is 0.345 bits per heavy atom. The van der Waals surface area contributed by atoms with Gasteiger partial charge in [-0.15, -0.1) is 0 Å². The van der Waals surface area contributed by atoms with Gasteiger partial charge in [-0.05, 0) is 300 Å². The third-order valence-corrected chi connectivity index (χ3v) is 28.0. The Morgan fingerprint density at radius 1 is 0.117 bits per heavy atom. The van der Waals surface area contributed by atoms with Gasteiger partial charge in [0, 0.05) is 50.3 Å². The van der Waals surface area contributed by atoms with E-state index < -0.39 is 54.4 Å². The van der Waals surface area contributed by atoms with Crippen LogP contribution >= 0.6 is 0 Å². The Bertz CT molecular complexity index is 10900. The van der Waals surface area contributed by atoms with Crippen molar-refractivity contribution in [3.05, 3.63) is 576 Å². The molecule has 28 aromatic carbocycles. The second kappa shape index (κ2) is 37.6. The summed E-state index contributed by atoms with van der Waals surface area (Å²) in [6.07, 6.45) is 0. The highest BCUT2D eigenvalue weighted by atomic mass is 15.2. The van der Waals surface area contributed by atoms with Crippen LogP contribution in [0, 0.1) is 0 Å². The maximum Gasteiger partial charge on any atom is 0.0645 e. The first-order valence-corrected chi connectivity index (χ1v) is 48.6. The molecule has 0 fully saturated rings. The molecule has 0 N–H and O–H groups in total. The summed E-state index contributed by atoms with van der Waals surface area (Å²) in [6, 6.07) is 154. The van der Waals surface area contributed by atoms with Gasteiger partial charge in [0.2, 0.25) is 0 Å². The predicted octanol–water partition coefficient (Wildman–Crippen LogP) is 40.5. The van der Waals surface area contributed by atoms with Gasteiger partial charge in [0.1, 0.15) is 0 Å². The molecule has 0 aromatic heterocycles. The first kappa shape index (κ1) is 69.7. The summed E-state index contributed by atoms with van der Waals surface area (Å²) in [7, 11) is 0. The number of hydrogen-bond donors (Lipinski definition) is 0. The molecule has 0 unspecified atom stereocenters. The zero-order valence-electron chi connectivity index (χ0n) is 95.4. The lowest BCUT2D eigenvalue weighted by Gasteiger charge is -2.28. The van der Waals surface area contributed by atoms with E-state index in [0.29, 0.717) is 22.5 Å². The average molecular weight is 1860 g/mol. The molecule has 0 saturated heterocycles. The molecule has 0 bridgehead atoms. The van der Waals surface area contributed by atoms with Crippen LogP contribution in [0.4, 0.5) is 51.2 Å². The Morgan fingerprint density at radius 3 is 0.662 bits per heavy atom. The summed E-state index contributed by atoms with van der Waals surface area (Å²) in [5.41, 5.74) is 12.1. The van der Waals surface area contributed by atoms with Crippen LogP contribution in [-0.4, -0.2) is 0 Å². The fraction of sp³-hybridized carbons (Fsp3) is 0. The number of anilines is 9. The summed E-state index contributed by atoms with van der Waals surface area (Å²) in [5, 5.41) is 27.8. The van der Waals surface area contributed by atoms with Gasteiger partial charge >= 0.3 is 0 Å². The highest BCUT2D eigenvalue weighted by molar-refractivity contribution is 6.21. The summed E-state index contributed by atoms with van der Waals surface area (Å²) in [4.78, 5) is 5.57. The maximum atomic E-state index is 9.64. The normalized spacial score (nSPS) is 13.1. The van der Waals surface area contributed by atoms with Gasteiger partial charge in [-0.1, -0.05) is 467 Å². The van der Waals surface area contributed by atoms with Crippen LogP contribution in [0.2, 0.25) is 0 Å². The molecule has 0 aliphatic rings.